The summed E-state index contributed by atoms with van der Waals surface area (Å²) in [6, 6.07) is 7.30. The highest BCUT2D eigenvalue weighted by atomic mass is 35.5. The molecule has 2 aromatic rings. The number of rotatable bonds is 8. The Hall–Kier alpha value is -2.45. The van der Waals surface area contributed by atoms with Gasteiger partial charge < -0.3 is 16.4 Å². The summed E-state index contributed by atoms with van der Waals surface area (Å²) in [5, 5.41) is 12.5. The molecule has 5 N–H and O–H groups in total. The fourth-order valence-corrected chi connectivity index (χ4v) is 2.39. The van der Waals surface area contributed by atoms with Gasteiger partial charge in [-0.25, -0.2) is 4.98 Å². The van der Waals surface area contributed by atoms with Gasteiger partial charge in [0.15, 0.2) is 5.82 Å². The standard InChI is InChI=1S/C17H22N6O2.ClH/c18-10-14-21-16(23-22-14)11-5-7-13(8-6-11)20-15(24)2-1-9-19-17(25)12-3-4-12;/h5-8,12H,1-4,9-10,18H2,(H,19,25)(H,20,24)(H,21,22,23);1H. The van der Waals surface area contributed by atoms with Crippen LogP contribution >= 0.6 is 12.4 Å². The summed E-state index contributed by atoms with van der Waals surface area (Å²) >= 11 is 0. The largest absolute Gasteiger partial charge is 0.356 e. The van der Waals surface area contributed by atoms with Gasteiger partial charge in [0.25, 0.3) is 0 Å². The summed E-state index contributed by atoms with van der Waals surface area (Å²) in [7, 11) is 0. The highest BCUT2D eigenvalue weighted by Gasteiger charge is 2.28. The van der Waals surface area contributed by atoms with Crippen molar-refractivity contribution < 1.29 is 9.59 Å². The fourth-order valence-electron chi connectivity index (χ4n) is 2.39. The Morgan fingerprint density at radius 1 is 1.23 bits per heavy atom. The lowest BCUT2D eigenvalue weighted by atomic mass is 10.2. The fraction of sp³-hybridized carbons (Fsp3) is 0.412. The van der Waals surface area contributed by atoms with Crippen LogP contribution in [0.25, 0.3) is 11.4 Å². The number of nitrogens with two attached hydrogens (primary N) is 1. The van der Waals surface area contributed by atoms with Gasteiger partial charge >= 0.3 is 0 Å². The molecule has 1 saturated carbocycles. The van der Waals surface area contributed by atoms with Gasteiger partial charge in [0, 0.05) is 30.1 Å². The number of carbonyl (C=O) groups is 2. The van der Waals surface area contributed by atoms with Gasteiger partial charge in [-0.3, -0.25) is 14.7 Å². The molecule has 1 aromatic carbocycles. The third kappa shape index (κ3) is 5.53. The van der Waals surface area contributed by atoms with E-state index < -0.39 is 0 Å². The lowest BCUT2D eigenvalue weighted by Gasteiger charge is -2.06. The number of halogens is 1. The van der Waals surface area contributed by atoms with E-state index in [9.17, 15) is 9.59 Å². The molecule has 3 rings (SSSR count). The lowest BCUT2D eigenvalue weighted by molar-refractivity contribution is -0.122. The van der Waals surface area contributed by atoms with Crippen LogP contribution in [0.1, 0.15) is 31.5 Å². The highest BCUT2D eigenvalue weighted by molar-refractivity contribution is 5.91. The van der Waals surface area contributed by atoms with Gasteiger partial charge in [-0.05, 0) is 43.5 Å². The minimum Gasteiger partial charge on any atom is -0.356 e. The normalized spacial score (nSPS) is 13.0. The number of anilines is 1. The van der Waals surface area contributed by atoms with Crippen LogP contribution in [0.4, 0.5) is 5.69 Å². The SMILES string of the molecule is Cl.NCc1nc(-c2ccc(NC(=O)CCCNC(=O)C3CC3)cc2)n[nH]1. The number of amides is 2. The quantitative estimate of drug-likeness (QED) is 0.519. The molecule has 1 aliphatic carbocycles. The molecule has 0 radical (unpaired) electrons. The van der Waals surface area contributed by atoms with E-state index in [0.717, 1.165) is 18.4 Å². The first kappa shape index (κ1) is 19.9. The number of carbonyl (C=O) groups excluding carboxylic acids is 2. The molecule has 0 unspecified atom stereocenters. The molecule has 26 heavy (non-hydrogen) atoms. The molecular formula is C17H23ClN6O2. The molecule has 140 valence electrons. The minimum atomic E-state index is -0.0725. The number of H-pyrrole nitrogens is 1. The summed E-state index contributed by atoms with van der Waals surface area (Å²) in [5.74, 6) is 1.45. The van der Waals surface area contributed by atoms with E-state index in [1.807, 2.05) is 12.1 Å². The highest BCUT2D eigenvalue weighted by Crippen LogP contribution is 2.28. The van der Waals surface area contributed by atoms with Crippen LogP contribution in [0.15, 0.2) is 24.3 Å². The first-order chi connectivity index (χ1) is 12.2. The molecule has 9 heteroatoms. The molecule has 0 spiro atoms. The zero-order chi connectivity index (χ0) is 17.6. The van der Waals surface area contributed by atoms with Gasteiger partial charge in [0.2, 0.25) is 11.8 Å². The van der Waals surface area contributed by atoms with E-state index in [1.165, 1.54) is 0 Å². The number of nitrogens with zero attached hydrogens (tertiary/aromatic N) is 2. The molecule has 8 nitrogen and oxygen atoms in total. The predicted octanol–water partition coefficient (Wildman–Crippen LogP) is 1.60. The summed E-state index contributed by atoms with van der Waals surface area (Å²) in [4.78, 5) is 27.7. The molecule has 1 fully saturated rings. The third-order valence-corrected chi connectivity index (χ3v) is 3.98. The Balaban J connectivity index is 0.00000243. The Labute approximate surface area is 157 Å². The first-order valence-electron chi connectivity index (χ1n) is 8.45. The average Bonchev–Trinajstić information content (AvgIpc) is 3.37. The van der Waals surface area contributed by atoms with Crippen molar-refractivity contribution >= 4 is 29.9 Å². The Bertz CT molecular complexity index is 742. The Kier molecular flexibility index (Phi) is 7.11. The summed E-state index contributed by atoms with van der Waals surface area (Å²) in [6.45, 7) is 0.845. The van der Waals surface area contributed by atoms with Crippen molar-refractivity contribution in [3.8, 4) is 11.4 Å². The van der Waals surface area contributed by atoms with E-state index in [0.29, 0.717) is 43.3 Å². The van der Waals surface area contributed by atoms with Crippen LogP contribution in [0.5, 0.6) is 0 Å². The van der Waals surface area contributed by atoms with Crippen molar-refractivity contribution in [1.82, 2.24) is 20.5 Å². The van der Waals surface area contributed by atoms with Crippen molar-refractivity contribution in [1.29, 1.82) is 0 Å². The second-order valence-corrected chi connectivity index (χ2v) is 6.10. The number of benzene rings is 1. The number of hydrogen-bond acceptors (Lipinski definition) is 5. The maximum Gasteiger partial charge on any atom is 0.224 e. The van der Waals surface area contributed by atoms with E-state index in [-0.39, 0.29) is 30.1 Å². The van der Waals surface area contributed by atoms with Gasteiger partial charge in [-0.1, -0.05) is 0 Å². The second kappa shape index (κ2) is 9.30. The maximum atomic E-state index is 11.9. The van der Waals surface area contributed by atoms with E-state index in [2.05, 4.69) is 25.8 Å². The van der Waals surface area contributed by atoms with Crippen LogP contribution in [-0.4, -0.2) is 33.5 Å². The van der Waals surface area contributed by atoms with Gasteiger partial charge in [-0.15, -0.1) is 12.4 Å². The summed E-state index contributed by atoms with van der Waals surface area (Å²) in [5.41, 5.74) is 7.06. The van der Waals surface area contributed by atoms with Crippen molar-refractivity contribution in [2.45, 2.75) is 32.2 Å². The topological polar surface area (TPSA) is 126 Å². The zero-order valence-electron chi connectivity index (χ0n) is 14.3. The molecule has 1 aromatic heterocycles. The zero-order valence-corrected chi connectivity index (χ0v) is 15.1. The van der Waals surface area contributed by atoms with Crippen molar-refractivity contribution in [2.75, 3.05) is 11.9 Å². The van der Waals surface area contributed by atoms with Crippen LogP contribution in [0.3, 0.4) is 0 Å². The minimum absolute atomic E-state index is 0. The average molecular weight is 379 g/mol. The van der Waals surface area contributed by atoms with Crippen molar-refractivity contribution in [3.63, 3.8) is 0 Å². The number of nitrogens with one attached hydrogen (secondary N) is 3. The van der Waals surface area contributed by atoms with E-state index in [1.54, 1.807) is 12.1 Å². The Morgan fingerprint density at radius 3 is 2.58 bits per heavy atom. The summed E-state index contributed by atoms with van der Waals surface area (Å²) < 4.78 is 0. The number of hydrogen-bond donors (Lipinski definition) is 4. The maximum absolute atomic E-state index is 11.9. The predicted molar refractivity (Wildman–Crippen MR) is 101 cm³/mol. The molecule has 1 heterocycles. The third-order valence-electron chi connectivity index (χ3n) is 3.98. The van der Waals surface area contributed by atoms with Crippen LogP contribution < -0.4 is 16.4 Å². The molecule has 0 saturated heterocycles. The van der Waals surface area contributed by atoms with E-state index >= 15 is 0 Å². The molecular weight excluding hydrogens is 356 g/mol. The smallest absolute Gasteiger partial charge is 0.224 e. The molecule has 0 aliphatic heterocycles. The monoisotopic (exact) mass is 378 g/mol. The molecule has 2 amide bonds. The summed E-state index contributed by atoms with van der Waals surface area (Å²) in [6.07, 6.45) is 2.97. The van der Waals surface area contributed by atoms with Crippen LogP contribution in [-0.2, 0) is 16.1 Å². The first-order valence-corrected chi connectivity index (χ1v) is 8.45. The lowest BCUT2D eigenvalue weighted by Crippen LogP contribution is -2.26. The van der Waals surface area contributed by atoms with Gasteiger partial charge in [0.05, 0.1) is 6.54 Å². The van der Waals surface area contributed by atoms with Crippen molar-refractivity contribution in [2.24, 2.45) is 11.7 Å². The van der Waals surface area contributed by atoms with Crippen LogP contribution in [0.2, 0.25) is 0 Å². The van der Waals surface area contributed by atoms with Crippen molar-refractivity contribution in [3.05, 3.63) is 30.1 Å². The van der Waals surface area contributed by atoms with Gasteiger partial charge in [0.1, 0.15) is 5.82 Å². The van der Waals surface area contributed by atoms with Gasteiger partial charge in [-0.2, -0.15) is 5.10 Å². The molecule has 1 aliphatic rings. The van der Waals surface area contributed by atoms with E-state index in [4.69, 9.17) is 5.73 Å². The number of aromatic nitrogens is 3. The van der Waals surface area contributed by atoms with Crippen LogP contribution in [0, 0.1) is 5.92 Å². The number of aromatic amines is 1. The Morgan fingerprint density at radius 2 is 1.96 bits per heavy atom. The second-order valence-electron chi connectivity index (χ2n) is 6.10. The molecule has 0 atom stereocenters. The molecule has 0 bridgehead atoms.